The van der Waals surface area contributed by atoms with E-state index in [9.17, 15) is 9.90 Å². The van der Waals surface area contributed by atoms with E-state index >= 15 is 0 Å². The van der Waals surface area contributed by atoms with Crippen LogP contribution in [0, 0.1) is 6.92 Å². The number of aliphatic hydroxyl groups excluding tert-OH is 1. The first-order valence-electron chi connectivity index (χ1n) is 6.83. The van der Waals surface area contributed by atoms with E-state index in [4.69, 9.17) is 11.6 Å². The van der Waals surface area contributed by atoms with E-state index in [0.29, 0.717) is 5.02 Å². The Labute approximate surface area is 118 Å². The summed E-state index contributed by atoms with van der Waals surface area (Å²) in [6.07, 6.45) is 3.22. The van der Waals surface area contributed by atoms with Gasteiger partial charge in [-0.3, -0.25) is 4.79 Å². The molecule has 1 aromatic rings. The van der Waals surface area contributed by atoms with Gasteiger partial charge in [0.25, 0.3) is 5.91 Å². The first-order valence-corrected chi connectivity index (χ1v) is 7.21. The van der Waals surface area contributed by atoms with Crippen LogP contribution in [0.5, 0.6) is 0 Å². The first-order chi connectivity index (χ1) is 9.06. The Morgan fingerprint density at radius 3 is 2.53 bits per heavy atom. The van der Waals surface area contributed by atoms with Crippen LogP contribution in [0.4, 0.5) is 0 Å². The predicted molar refractivity (Wildman–Crippen MR) is 74.4 cm³/mol. The number of aliphatic hydroxyl groups is 1. The minimum Gasteiger partial charge on any atom is -0.393 e. The number of rotatable bonds is 1. The van der Waals surface area contributed by atoms with Gasteiger partial charge >= 0.3 is 0 Å². The molecule has 4 heteroatoms. The Bertz CT molecular complexity index is 503. The number of hydrogen-bond donors (Lipinski definition) is 1. The maximum Gasteiger partial charge on any atom is 0.254 e. The molecule has 0 aromatic heterocycles. The lowest BCUT2D eigenvalue weighted by molar-refractivity contribution is 0.0286. The summed E-state index contributed by atoms with van der Waals surface area (Å²) in [6, 6.07) is 5.82. The van der Waals surface area contributed by atoms with E-state index in [0.717, 1.165) is 36.8 Å². The third-order valence-corrected chi connectivity index (χ3v) is 4.60. The molecule has 2 saturated heterocycles. The Kier molecular flexibility index (Phi) is 3.27. The third kappa shape index (κ3) is 2.26. The summed E-state index contributed by atoms with van der Waals surface area (Å²) in [5, 5.41) is 10.5. The average Bonchev–Trinajstić information content (AvgIpc) is 2.61. The molecule has 102 valence electrons. The molecular formula is C15H18ClNO2. The lowest BCUT2D eigenvalue weighted by Crippen LogP contribution is -2.48. The van der Waals surface area contributed by atoms with Gasteiger partial charge in [-0.05, 0) is 56.4 Å². The van der Waals surface area contributed by atoms with Crippen molar-refractivity contribution >= 4 is 17.5 Å². The van der Waals surface area contributed by atoms with Crippen LogP contribution in [-0.2, 0) is 0 Å². The highest BCUT2D eigenvalue weighted by Gasteiger charge is 2.43. The average molecular weight is 280 g/mol. The second kappa shape index (κ2) is 4.80. The van der Waals surface area contributed by atoms with Gasteiger partial charge in [0.1, 0.15) is 0 Å². The topological polar surface area (TPSA) is 40.5 Å². The molecule has 0 radical (unpaired) electrons. The van der Waals surface area contributed by atoms with Crippen LogP contribution in [0.3, 0.4) is 0 Å². The summed E-state index contributed by atoms with van der Waals surface area (Å²) in [4.78, 5) is 14.7. The number of hydrogen-bond acceptors (Lipinski definition) is 2. The summed E-state index contributed by atoms with van der Waals surface area (Å²) in [6.45, 7) is 1.92. The van der Waals surface area contributed by atoms with Gasteiger partial charge in [0.15, 0.2) is 0 Å². The van der Waals surface area contributed by atoms with E-state index in [1.807, 2.05) is 24.0 Å². The zero-order valence-corrected chi connectivity index (χ0v) is 11.7. The molecular weight excluding hydrogens is 262 g/mol. The lowest BCUT2D eigenvalue weighted by atomic mass is 9.98. The van der Waals surface area contributed by atoms with Crippen LogP contribution >= 0.6 is 11.6 Å². The number of halogens is 1. The lowest BCUT2D eigenvalue weighted by Gasteiger charge is -2.37. The van der Waals surface area contributed by atoms with Crippen molar-refractivity contribution in [2.45, 2.75) is 50.8 Å². The van der Waals surface area contributed by atoms with Crippen molar-refractivity contribution in [1.29, 1.82) is 0 Å². The highest BCUT2D eigenvalue weighted by Crippen LogP contribution is 2.37. The van der Waals surface area contributed by atoms with E-state index in [1.54, 1.807) is 6.07 Å². The molecule has 1 amide bonds. The quantitative estimate of drug-likeness (QED) is 0.859. The predicted octanol–water partition coefficient (Wildman–Crippen LogP) is 2.78. The second-order valence-electron chi connectivity index (χ2n) is 5.68. The zero-order valence-electron chi connectivity index (χ0n) is 11.0. The van der Waals surface area contributed by atoms with Gasteiger partial charge in [-0.1, -0.05) is 11.6 Å². The van der Waals surface area contributed by atoms with Crippen LogP contribution in [0.1, 0.15) is 41.6 Å². The van der Waals surface area contributed by atoms with E-state index in [-0.39, 0.29) is 24.1 Å². The summed E-state index contributed by atoms with van der Waals surface area (Å²) < 4.78 is 0. The van der Waals surface area contributed by atoms with Crippen molar-refractivity contribution in [1.82, 2.24) is 4.90 Å². The molecule has 2 aliphatic rings. The van der Waals surface area contributed by atoms with Gasteiger partial charge in [0, 0.05) is 22.7 Å². The van der Waals surface area contributed by atoms with Crippen molar-refractivity contribution in [3.05, 3.63) is 34.3 Å². The Balaban J connectivity index is 1.88. The Morgan fingerprint density at radius 1 is 1.32 bits per heavy atom. The molecule has 1 N–H and O–H groups in total. The van der Waals surface area contributed by atoms with Crippen molar-refractivity contribution < 1.29 is 9.90 Å². The van der Waals surface area contributed by atoms with Crippen LogP contribution in [0.15, 0.2) is 18.2 Å². The maximum absolute atomic E-state index is 12.7. The smallest absolute Gasteiger partial charge is 0.254 e. The fraction of sp³-hybridized carbons (Fsp3) is 0.533. The minimum absolute atomic E-state index is 0.0913. The van der Waals surface area contributed by atoms with E-state index < -0.39 is 0 Å². The number of piperidine rings is 1. The maximum atomic E-state index is 12.7. The van der Waals surface area contributed by atoms with Crippen molar-refractivity contribution in [2.75, 3.05) is 0 Å². The summed E-state index contributed by atoms with van der Waals surface area (Å²) in [7, 11) is 0. The van der Waals surface area contributed by atoms with Gasteiger partial charge in [-0.25, -0.2) is 0 Å². The monoisotopic (exact) mass is 279 g/mol. The van der Waals surface area contributed by atoms with Crippen molar-refractivity contribution in [3.63, 3.8) is 0 Å². The molecule has 19 heavy (non-hydrogen) atoms. The van der Waals surface area contributed by atoms with Gasteiger partial charge in [0.2, 0.25) is 0 Å². The van der Waals surface area contributed by atoms with Gasteiger partial charge < -0.3 is 10.0 Å². The number of carbonyl (C=O) groups excluding carboxylic acids is 1. The van der Waals surface area contributed by atoms with Crippen LogP contribution in [0.25, 0.3) is 0 Å². The fourth-order valence-electron chi connectivity index (χ4n) is 3.49. The number of fused-ring (bicyclic) bond motifs is 2. The number of amides is 1. The summed E-state index contributed by atoms with van der Waals surface area (Å²) >= 11 is 5.94. The van der Waals surface area contributed by atoms with E-state index in [1.165, 1.54) is 0 Å². The Hall–Kier alpha value is -1.06. The zero-order chi connectivity index (χ0) is 13.6. The van der Waals surface area contributed by atoms with Gasteiger partial charge in [-0.2, -0.15) is 0 Å². The highest BCUT2D eigenvalue weighted by molar-refractivity contribution is 6.30. The molecule has 2 fully saturated rings. The molecule has 0 saturated carbocycles. The van der Waals surface area contributed by atoms with Crippen LogP contribution in [-0.4, -0.2) is 34.1 Å². The number of carbonyl (C=O) groups is 1. The molecule has 2 atom stereocenters. The standard InChI is InChI=1S/C15H18ClNO2/c1-9-6-10(16)2-5-14(9)15(19)17-11-3-4-12(17)8-13(18)7-11/h2,5-6,11-13,18H,3-4,7-8H2,1H3. The second-order valence-corrected chi connectivity index (χ2v) is 6.12. The molecule has 2 aliphatic heterocycles. The van der Waals surface area contributed by atoms with Crippen LogP contribution < -0.4 is 0 Å². The number of aryl methyl sites for hydroxylation is 1. The number of nitrogens with zero attached hydrogens (tertiary/aromatic N) is 1. The van der Waals surface area contributed by atoms with Crippen molar-refractivity contribution in [3.8, 4) is 0 Å². The number of benzene rings is 1. The first kappa shape index (κ1) is 12.9. The molecule has 0 aliphatic carbocycles. The van der Waals surface area contributed by atoms with E-state index in [2.05, 4.69) is 0 Å². The molecule has 3 rings (SSSR count). The molecule has 3 nitrogen and oxygen atoms in total. The molecule has 1 aromatic carbocycles. The molecule has 2 bridgehead atoms. The summed E-state index contributed by atoms with van der Waals surface area (Å²) in [5.41, 5.74) is 1.65. The molecule has 2 heterocycles. The third-order valence-electron chi connectivity index (χ3n) is 4.36. The van der Waals surface area contributed by atoms with Gasteiger partial charge in [-0.15, -0.1) is 0 Å². The SMILES string of the molecule is Cc1cc(Cl)ccc1C(=O)N1C2CCC1CC(O)C2. The fourth-order valence-corrected chi connectivity index (χ4v) is 3.71. The van der Waals surface area contributed by atoms with Crippen LogP contribution in [0.2, 0.25) is 5.02 Å². The summed E-state index contributed by atoms with van der Waals surface area (Å²) in [5.74, 6) is 0.0913. The normalized spacial score (nSPS) is 29.6. The molecule has 0 spiro atoms. The van der Waals surface area contributed by atoms with Gasteiger partial charge in [0.05, 0.1) is 6.10 Å². The van der Waals surface area contributed by atoms with Crippen molar-refractivity contribution in [2.24, 2.45) is 0 Å². The Morgan fingerprint density at radius 2 is 1.95 bits per heavy atom. The largest absolute Gasteiger partial charge is 0.393 e. The highest BCUT2D eigenvalue weighted by atomic mass is 35.5. The minimum atomic E-state index is -0.243. The molecule has 2 unspecified atom stereocenters.